The van der Waals surface area contributed by atoms with Crippen molar-refractivity contribution in [2.24, 2.45) is 11.8 Å². The zero-order valence-electron chi connectivity index (χ0n) is 13.9. The normalized spacial score (nSPS) is 32.5. The van der Waals surface area contributed by atoms with E-state index >= 15 is 0 Å². The summed E-state index contributed by atoms with van der Waals surface area (Å²) in [5.74, 6) is -1.33. The van der Waals surface area contributed by atoms with E-state index in [9.17, 15) is 9.59 Å². The molecule has 3 aliphatic rings. The maximum absolute atomic E-state index is 13.0. The smallest absolute Gasteiger partial charge is 0.155 e. The van der Waals surface area contributed by atoms with Crippen molar-refractivity contribution in [1.82, 2.24) is 4.98 Å². The first-order chi connectivity index (χ1) is 12.5. The summed E-state index contributed by atoms with van der Waals surface area (Å²) >= 11 is 13.6. The minimum atomic E-state index is -0.746. The van der Waals surface area contributed by atoms with E-state index in [0.717, 1.165) is 28.3 Å². The lowest BCUT2D eigenvalue weighted by Crippen LogP contribution is -2.29. The van der Waals surface area contributed by atoms with Gasteiger partial charge in [-0.2, -0.15) is 0 Å². The van der Waals surface area contributed by atoms with Gasteiger partial charge in [-0.05, 0) is 31.9 Å². The molecule has 2 bridgehead atoms. The van der Waals surface area contributed by atoms with Gasteiger partial charge in [0, 0.05) is 10.4 Å². The predicted octanol–water partition coefficient (Wildman–Crippen LogP) is 4.45. The molecule has 0 radical (unpaired) electrons. The number of nitrogens with zero attached hydrogens (tertiary/aromatic N) is 1. The fraction of sp³-hybridized carbons (Fsp3) is 0.421. The van der Waals surface area contributed by atoms with Crippen LogP contribution in [0, 0.1) is 18.8 Å². The number of carbonyl (C=O) groups is 2. The minimum Gasteiger partial charge on any atom is -0.373 e. The van der Waals surface area contributed by atoms with Gasteiger partial charge in [-0.25, -0.2) is 4.98 Å². The Balaban J connectivity index is 1.53. The van der Waals surface area contributed by atoms with Crippen LogP contribution in [-0.4, -0.2) is 28.8 Å². The van der Waals surface area contributed by atoms with Crippen LogP contribution in [0.25, 0.3) is 10.6 Å². The summed E-state index contributed by atoms with van der Waals surface area (Å²) in [7, 11) is 0. The SMILES string of the molecule is Cc1sc(-c2ccc(Cl)c(Cl)c2)nc1C1C(=O)[C@@H]2C3CCC(O3)[C@@H]2C1=O. The summed E-state index contributed by atoms with van der Waals surface area (Å²) in [6.07, 6.45) is 1.59. The number of fused-ring (bicyclic) bond motifs is 5. The molecule has 26 heavy (non-hydrogen) atoms. The van der Waals surface area contributed by atoms with Crippen LogP contribution in [0.4, 0.5) is 0 Å². The zero-order chi connectivity index (χ0) is 18.2. The largest absolute Gasteiger partial charge is 0.373 e. The highest BCUT2D eigenvalue weighted by Gasteiger charge is 2.63. The Kier molecular flexibility index (Phi) is 3.80. The Bertz CT molecular complexity index is 928. The first-order valence-corrected chi connectivity index (χ1v) is 10.2. The number of hydrogen-bond acceptors (Lipinski definition) is 5. The number of carbonyl (C=O) groups excluding carboxylic acids is 2. The van der Waals surface area contributed by atoms with Gasteiger partial charge in [-0.1, -0.05) is 29.3 Å². The van der Waals surface area contributed by atoms with Crippen molar-refractivity contribution >= 4 is 46.1 Å². The number of halogens is 2. The number of ether oxygens (including phenoxy) is 1. The van der Waals surface area contributed by atoms with Gasteiger partial charge >= 0.3 is 0 Å². The average molecular weight is 408 g/mol. The van der Waals surface area contributed by atoms with Gasteiger partial charge in [0.05, 0.1) is 39.8 Å². The monoisotopic (exact) mass is 407 g/mol. The molecule has 4 nitrogen and oxygen atoms in total. The standard InChI is InChI=1S/C19H15Cl2NO3S/c1-7-16(22-19(26-7)8-2-3-9(20)10(21)6-8)15-17(23)13-11-4-5-12(25-11)14(13)18(15)24/h2-3,6,11-15H,4-5H2,1H3/t11?,12?,13-,14+,15?. The van der Waals surface area contributed by atoms with Crippen LogP contribution < -0.4 is 0 Å². The third-order valence-electron chi connectivity index (χ3n) is 5.77. The van der Waals surface area contributed by atoms with Crippen molar-refractivity contribution in [1.29, 1.82) is 0 Å². The van der Waals surface area contributed by atoms with E-state index in [1.54, 1.807) is 12.1 Å². The van der Waals surface area contributed by atoms with Gasteiger partial charge in [-0.3, -0.25) is 9.59 Å². The summed E-state index contributed by atoms with van der Waals surface area (Å²) in [5.41, 5.74) is 1.43. The number of thiazole rings is 1. The van der Waals surface area contributed by atoms with Gasteiger partial charge in [0.25, 0.3) is 0 Å². The Labute approximate surface area is 164 Å². The lowest BCUT2D eigenvalue weighted by Gasteiger charge is -2.16. The van der Waals surface area contributed by atoms with Crippen molar-refractivity contribution in [3.8, 4) is 10.6 Å². The number of aromatic nitrogens is 1. The molecule has 7 heteroatoms. The number of aryl methyl sites for hydroxylation is 1. The maximum Gasteiger partial charge on any atom is 0.155 e. The molecule has 1 aromatic carbocycles. The summed E-state index contributed by atoms with van der Waals surface area (Å²) in [6.45, 7) is 1.91. The van der Waals surface area contributed by atoms with Gasteiger partial charge in [0.15, 0.2) is 11.6 Å². The van der Waals surface area contributed by atoms with Gasteiger partial charge in [-0.15, -0.1) is 11.3 Å². The molecule has 0 N–H and O–H groups in total. The lowest BCUT2D eigenvalue weighted by molar-refractivity contribution is -0.127. The molecule has 1 aromatic heterocycles. The summed E-state index contributed by atoms with van der Waals surface area (Å²) in [6, 6.07) is 5.32. The van der Waals surface area contributed by atoms with Crippen molar-refractivity contribution in [3.05, 3.63) is 38.8 Å². The highest BCUT2D eigenvalue weighted by Crippen LogP contribution is 2.52. The maximum atomic E-state index is 13.0. The lowest BCUT2D eigenvalue weighted by atomic mass is 9.81. The first-order valence-electron chi connectivity index (χ1n) is 8.61. The van der Waals surface area contributed by atoms with Crippen LogP contribution >= 0.6 is 34.5 Å². The molecule has 1 saturated carbocycles. The van der Waals surface area contributed by atoms with E-state index < -0.39 is 5.92 Å². The molecule has 3 heterocycles. The summed E-state index contributed by atoms with van der Waals surface area (Å²) in [4.78, 5) is 31.6. The highest BCUT2D eigenvalue weighted by atomic mass is 35.5. The molecule has 134 valence electrons. The second kappa shape index (κ2) is 5.86. The quantitative estimate of drug-likeness (QED) is 0.689. The van der Waals surface area contributed by atoms with Gasteiger partial charge < -0.3 is 4.74 Å². The van der Waals surface area contributed by atoms with E-state index in [1.165, 1.54) is 11.3 Å². The second-order valence-electron chi connectivity index (χ2n) is 7.17. The van der Waals surface area contributed by atoms with E-state index in [-0.39, 0.29) is 35.6 Å². The Morgan fingerprint density at radius 2 is 1.73 bits per heavy atom. The van der Waals surface area contributed by atoms with Crippen LogP contribution in [0.3, 0.4) is 0 Å². The van der Waals surface area contributed by atoms with Crippen LogP contribution in [0.15, 0.2) is 18.2 Å². The molecule has 3 unspecified atom stereocenters. The molecule has 5 atom stereocenters. The molecular formula is C19H15Cl2NO3S. The third-order valence-corrected chi connectivity index (χ3v) is 7.55. The molecule has 0 spiro atoms. The van der Waals surface area contributed by atoms with Crippen LogP contribution in [-0.2, 0) is 14.3 Å². The number of hydrogen-bond donors (Lipinski definition) is 0. The Morgan fingerprint density at radius 1 is 1.08 bits per heavy atom. The van der Waals surface area contributed by atoms with Crippen molar-refractivity contribution in [2.75, 3.05) is 0 Å². The molecule has 2 aromatic rings. The number of Topliss-reactive ketones (excluding diaryl/α,β-unsaturated/α-hetero) is 2. The van der Waals surface area contributed by atoms with E-state index in [4.69, 9.17) is 27.9 Å². The van der Waals surface area contributed by atoms with Crippen LogP contribution in [0.2, 0.25) is 10.0 Å². The Hall–Kier alpha value is -1.27. The van der Waals surface area contributed by atoms with Gasteiger partial charge in [0.1, 0.15) is 10.9 Å². The third kappa shape index (κ3) is 2.27. The topological polar surface area (TPSA) is 56.3 Å². The molecule has 1 aliphatic carbocycles. The molecule has 0 amide bonds. The van der Waals surface area contributed by atoms with E-state index in [0.29, 0.717) is 15.7 Å². The van der Waals surface area contributed by atoms with Crippen LogP contribution in [0.5, 0.6) is 0 Å². The first kappa shape index (κ1) is 16.9. The average Bonchev–Trinajstić information content (AvgIpc) is 3.35. The molecule has 3 fully saturated rings. The molecule has 2 aliphatic heterocycles. The molecule has 5 rings (SSSR count). The predicted molar refractivity (Wildman–Crippen MR) is 99.9 cm³/mol. The fourth-order valence-electron chi connectivity index (χ4n) is 4.62. The summed E-state index contributed by atoms with van der Waals surface area (Å²) < 4.78 is 5.81. The Morgan fingerprint density at radius 3 is 2.35 bits per heavy atom. The molecular weight excluding hydrogens is 393 g/mol. The number of rotatable bonds is 2. The summed E-state index contributed by atoms with van der Waals surface area (Å²) in [5, 5.41) is 1.68. The van der Waals surface area contributed by atoms with Crippen molar-refractivity contribution in [2.45, 2.75) is 37.9 Å². The number of ketones is 2. The number of benzene rings is 1. The van der Waals surface area contributed by atoms with Crippen molar-refractivity contribution in [3.63, 3.8) is 0 Å². The van der Waals surface area contributed by atoms with Gasteiger partial charge in [0.2, 0.25) is 0 Å². The fourth-order valence-corrected chi connectivity index (χ4v) is 5.87. The molecule has 2 saturated heterocycles. The highest BCUT2D eigenvalue weighted by molar-refractivity contribution is 7.15. The van der Waals surface area contributed by atoms with E-state index in [2.05, 4.69) is 4.98 Å². The van der Waals surface area contributed by atoms with Crippen LogP contribution in [0.1, 0.15) is 29.3 Å². The second-order valence-corrected chi connectivity index (χ2v) is 9.19. The zero-order valence-corrected chi connectivity index (χ0v) is 16.2. The van der Waals surface area contributed by atoms with Crippen molar-refractivity contribution < 1.29 is 14.3 Å². The van der Waals surface area contributed by atoms with E-state index in [1.807, 2.05) is 13.0 Å². The minimum absolute atomic E-state index is 0.0127.